The van der Waals surface area contributed by atoms with E-state index in [1.54, 1.807) is 6.92 Å². The SMILES string of the molecule is CCc1cc(Sc2ccc(C(F)(F)F)cc2)c(S(C)(=O)=O)cc1C(=O)N=C(N)N. The summed E-state index contributed by atoms with van der Waals surface area (Å²) in [5.41, 5.74) is 10.2. The van der Waals surface area contributed by atoms with E-state index in [1.807, 2.05) is 0 Å². The molecular weight excluding hydrogens is 427 g/mol. The van der Waals surface area contributed by atoms with Gasteiger partial charge in [0, 0.05) is 21.6 Å². The van der Waals surface area contributed by atoms with Crippen molar-refractivity contribution < 1.29 is 26.4 Å². The Kier molecular flexibility index (Phi) is 6.63. The summed E-state index contributed by atoms with van der Waals surface area (Å²) in [6.07, 6.45) is -3.12. The number of aryl methyl sites for hydroxylation is 1. The summed E-state index contributed by atoms with van der Waals surface area (Å²) in [4.78, 5) is 16.3. The number of sulfone groups is 1. The second kappa shape index (κ2) is 8.46. The predicted octanol–water partition coefficient (Wildman–Crippen LogP) is 3.24. The second-order valence-corrected chi connectivity index (χ2v) is 9.15. The zero-order valence-corrected chi connectivity index (χ0v) is 17.1. The molecule has 0 saturated heterocycles. The van der Waals surface area contributed by atoms with Crippen LogP contribution in [0.15, 0.2) is 56.1 Å². The average Bonchev–Trinajstić information content (AvgIpc) is 2.59. The molecule has 0 saturated carbocycles. The monoisotopic (exact) mass is 445 g/mol. The Bertz CT molecular complexity index is 1060. The standard InChI is InChI=1S/C18H18F3N3O3S2/c1-3-10-8-14(28-12-6-4-11(5-7-12)18(19,20)21)15(29(2,26)27)9-13(10)16(25)24-17(22)23/h4-9H,3H2,1-2H3,(H4,22,23,24,25). The zero-order chi connectivity index (χ0) is 22.0. The molecule has 0 aliphatic carbocycles. The van der Waals surface area contributed by atoms with Gasteiger partial charge in [0.15, 0.2) is 15.8 Å². The third-order valence-corrected chi connectivity index (χ3v) is 6.15. The maximum Gasteiger partial charge on any atom is 0.416 e. The minimum Gasteiger partial charge on any atom is -0.370 e. The first kappa shape index (κ1) is 22.8. The molecule has 0 aliphatic heterocycles. The number of nitrogens with zero attached hydrogens (tertiary/aromatic N) is 1. The van der Waals surface area contributed by atoms with E-state index in [-0.39, 0.29) is 15.4 Å². The molecule has 0 heterocycles. The summed E-state index contributed by atoms with van der Waals surface area (Å²) in [5.74, 6) is -1.24. The van der Waals surface area contributed by atoms with Gasteiger partial charge in [-0.2, -0.15) is 18.2 Å². The Morgan fingerprint density at radius 3 is 2.17 bits per heavy atom. The Hall–Kier alpha value is -2.53. The second-order valence-electron chi connectivity index (χ2n) is 6.05. The first-order valence-corrected chi connectivity index (χ1v) is 10.9. The summed E-state index contributed by atoms with van der Waals surface area (Å²) in [7, 11) is -3.76. The van der Waals surface area contributed by atoms with Gasteiger partial charge in [0.25, 0.3) is 5.91 Å². The van der Waals surface area contributed by atoms with E-state index in [1.165, 1.54) is 24.3 Å². The number of rotatable bonds is 5. The molecule has 4 N–H and O–H groups in total. The van der Waals surface area contributed by atoms with Crippen molar-refractivity contribution in [1.29, 1.82) is 0 Å². The van der Waals surface area contributed by atoms with Gasteiger partial charge >= 0.3 is 6.18 Å². The molecule has 156 valence electrons. The van der Waals surface area contributed by atoms with Crippen molar-refractivity contribution in [2.45, 2.75) is 34.2 Å². The van der Waals surface area contributed by atoms with Crippen molar-refractivity contribution >= 4 is 33.5 Å². The van der Waals surface area contributed by atoms with E-state index in [4.69, 9.17) is 11.5 Å². The van der Waals surface area contributed by atoms with Crippen LogP contribution >= 0.6 is 11.8 Å². The van der Waals surface area contributed by atoms with E-state index in [9.17, 15) is 26.4 Å². The molecule has 0 radical (unpaired) electrons. The smallest absolute Gasteiger partial charge is 0.370 e. The number of aliphatic imine (C=N–C) groups is 1. The molecule has 2 aromatic carbocycles. The highest BCUT2D eigenvalue weighted by Gasteiger charge is 2.30. The lowest BCUT2D eigenvalue weighted by Crippen LogP contribution is -2.24. The van der Waals surface area contributed by atoms with Gasteiger partial charge in [-0.05, 0) is 48.4 Å². The van der Waals surface area contributed by atoms with E-state index < -0.39 is 33.4 Å². The molecule has 0 fully saturated rings. The molecule has 0 unspecified atom stereocenters. The number of alkyl halides is 3. The summed E-state index contributed by atoms with van der Waals surface area (Å²) in [6.45, 7) is 1.76. The topological polar surface area (TPSA) is 116 Å². The van der Waals surface area contributed by atoms with Gasteiger partial charge < -0.3 is 11.5 Å². The van der Waals surface area contributed by atoms with Crippen molar-refractivity contribution in [3.63, 3.8) is 0 Å². The number of nitrogens with two attached hydrogens (primary N) is 2. The van der Waals surface area contributed by atoms with Gasteiger partial charge in [0.2, 0.25) is 0 Å². The molecule has 0 aliphatic rings. The minimum absolute atomic E-state index is 0.0399. The highest BCUT2D eigenvalue weighted by molar-refractivity contribution is 8.00. The Morgan fingerprint density at radius 2 is 1.72 bits per heavy atom. The zero-order valence-electron chi connectivity index (χ0n) is 15.4. The van der Waals surface area contributed by atoms with E-state index in [0.29, 0.717) is 16.9 Å². The number of carbonyl (C=O) groups excluding carboxylic acids is 1. The van der Waals surface area contributed by atoms with Crippen LogP contribution in [0.25, 0.3) is 0 Å². The number of amides is 1. The van der Waals surface area contributed by atoms with E-state index in [2.05, 4.69) is 4.99 Å². The molecule has 2 rings (SSSR count). The number of halogens is 3. The Labute approximate surface area is 170 Å². The minimum atomic E-state index is -4.47. The number of hydrogen-bond donors (Lipinski definition) is 2. The van der Waals surface area contributed by atoms with Gasteiger partial charge in [0.1, 0.15) is 0 Å². The number of carbonyl (C=O) groups is 1. The highest BCUT2D eigenvalue weighted by Crippen LogP contribution is 2.37. The Balaban J connectivity index is 2.56. The third kappa shape index (κ3) is 5.73. The molecule has 0 atom stereocenters. The molecule has 29 heavy (non-hydrogen) atoms. The molecule has 6 nitrogen and oxygen atoms in total. The largest absolute Gasteiger partial charge is 0.416 e. The van der Waals surface area contributed by atoms with Crippen LogP contribution in [0.5, 0.6) is 0 Å². The van der Waals surface area contributed by atoms with E-state index in [0.717, 1.165) is 30.2 Å². The lowest BCUT2D eigenvalue weighted by Gasteiger charge is -2.14. The van der Waals surface area contributed by atoms with Crippen LogP contribution < -0.4 is 11.5 Å². The fourth-order valence-electron chi connectivity index (χ4n) is 2.48. The van der Waals surface area contributed by atoms with Crippen LogP contribution in [0, 0.1) is 0 Å². The lowest BCUT2D eigenvalue weighted by atomic mass is 10.0. The molecule has 2 aromatic rings. The number of guanidine groups is 1. The molecule has 0 spiro atoms. The summed E-state index contributed by atoms with van der Waals surface area (Å²) in [6, 6.07) is 7.04. The van der Waals surface area contributed by atoms with Gasteiger partial charge in [-0.3, -0.25) is 4.79 Å². The quantitative estimate of drug-likeness (QED) is 0.539. The van der Waals surface area contributed by atoms with Gasteiger partial charge in [-0.1, -0.05) is 18.7 Å². The van der Waals surface area contributed by atoms with Crippen molar-refractivity contribution in [2.75, 3.05) is 6.26 Å². The van der Waals surface area contributed by atoms with Crippen molar-refractivity contribution in [3.8, 4) is 0 Å². The van der Waals surface area contributed by atoms with Crippen LogP contribution in [-0.2, 0) is 22.4 Å². The van der Waals surface area contributed by atoms with Crippen LogP contribution in [0.2, 0.25) is 0 Å². The fraction of sp³-hybridized carbons (Fsp3) is 0.222. The third-order valence-electron chi connectivity index (χ3n) is 3.82. The summed E-state index contributed by atoms with van der Waals surface area (Å²) >= 11 is 0.981. The summed E-state index contributed by atoms with van der Waals surface area (Å²) in [5, 5.41) is 0. The highest BCUT2D eigenvalue weighted by atomic mass is 32.2. The first-order valence-electron chi connectivity index (χ1n) is 8.19. The normalized spacial score (nSPS) is 11.9. The van der Waals surface area contributed by atoms with Crippen molar-refractivity contribution in [1.82, 2.24) is 0 Å². The van der Waals surface area contributed by atoms with Crippen molar-refractivity contribution in [2.24, 2.45) is 16.5 Å². The molecule has 0 bridgehead atoms. The van der Waals surface area contributed by atoms with Gasteiger partial charge in [-0.15, -0.1) is 0 Å². The lowest BCUT2D eigenvalue weighted by molar-refractivity contribution is -0.137. The summed E-state index contributed by atoms with van der Waals surface area (Å²) < 4.78 is 62.7. The average molecular weight is 445 g/mol. The van der Waals surface area contributed by atoms with E-state index >= 15 is 0 Å². The molecule has 0 aromatic heterocycles. The Morgan fingerprint density at radius 1 is 1.14 bits per heavy atom. The number of hydrogen-bond acceptors (Lipinski definition) is 4. The van der Waals surface area contributed by atoms with Crippen LogP contribution in [0.1, 0.15) is 28.4 Å². The van der Waals surface area contributed by atoms with Gasteiger partial charge in [0.05, 0.1) is 10.5 Å². The van der Waals surface area contributed by atoms with Crippen LogP contribution in [0.4, 0.5) is 13.2 Å². The predicted molar refractivity (Wildman–Crippen MR) is 105 cm³/mol. The molecular formula is C18H18F3N3O3S2. The first-order chi connectivity index (χ1) is 13.3. The number of benzene rings is 2. The van der Waals surface area contributed by atoms with Gasteiger partial charge in [-0.25, -0.2) is 8.42 Å². The van der Waals surface area contributed by atoms with Crippen molar-refractivity contribution in [3.05, 3.63) is 53.1 Å². The molecule has 11 heteroatoms. The van der Waals surface area contributed by atoms with Crippen LogP contribution in [-0.4, -0.2) is 26.5 Å². The molecule has 1 amide bonds. The fourth-order valence-corrected chi connectivity index (χ4v) is 4.70. The maximum absolute atomic E-state index is 12.7. The van der Waals surface area contributed by atoms with Crippen LogP contribution in [0.3, 0.4) is 0 Å². The maximum atomic E-state index is 12.7.